The van der Waals surface area contributed by atoms with Crippen molar-refractivity contribution in [2.45, 2.75) is 24.3 Å². The summed E-state index contributed by atoms with van der Waals surface area (Å²) in [6.45, 7) is 3.62. The minimum Gasteiger partial charge on any atom is -0.465 e. The van der Waals surface area contributed by atoms with Crippen molar-refractivity contribution in [3.05, 3.63) is 29.8 Å². The molecule has 0 aliphatic carbocycles. The van der Waals surface area contributed by atoms with Gasteiger partial charge in [0.15, 0.2) is 0 Å². The highest BCUT2D eigenvalue weighted by molar-refractivity contribution is 7.89. The van der Waals surface area contributed by atoms with Crippen molar-refractivity contribution in [1.29, 1.82) is 0 Å². The van der Waals surface area contributed by atoms with Crippen LogP contribution in [0.4, 0.5) is 0 Å². The number of sulfonamides is 1. The number of nitrogens with one attached hydrogen (secondary N) is 2. The second-order valence-electron chi connectivity index (χ2n) is 5.21. The highest BCUT2D eigenvalue weighted by Crippen LogP contribution is 2.16. The Balaban J connectivity index is 0.00000242. The molecule has 8 heteroatoms. The van der Waals surface area contributed by atoms with E-state index in [9.17, 15) is 13.2 Å². The van der Waals surface area contributed by atoms with Crippen LogP contribution in [-0.2, 0) is 14.8 Å². The average Bonchev–Trinajstić information content (AvgIpc) is 2.49. The summed E-state index contributed by atoms with van der Waals surface area (Å²) in [6.07, 6.45) is 0.765. The first kappa shape index (κ1) is 18.9. The van der Waals surface area contributed by atoms with E-state index in [0.29, 0.717) is 5.56 Å². The lowest BCUT2D eigenvalue weighted by Gasteiger charge is -2.29. The highest BCUT2D eigenvalue weighted by atomic mass is 35.5. The molecule has 0 bridgehead atoms. The van der Waals surface area contributed by atoms with E-state index in [-0.39, 0.29) is 29.3 Å². The molecule has 124 valence electrons. The Kier molecular flexibility index (Phi) is 6.80. The molecule has 2 N–H and O–H groups in total. The van der Waals surface area contributed by atoms with Gasteiger partial charge in [-0.25, -0.2) is 17.9 Å². The van der Waals surface area contributed by atoms with E-state index in [4.69, 9.17) is 0 Å². The molecule has 1 fully saturated rings. The molecule has 2 atom stereocenters. The van der Waals surface area contributed by atoms with Gasteiger partial charge in [0, 0.05) is 6.04 Å². The second kappa shape index (κ2) is 7.92. The summed E-state index contributed by atoms with van der Waals surface area (Å²) in [4.78, 5) is 11.5. The van der Waals surface area contributed by atoms with E-state index in [2.05, 4.69) is 14.8 Å². The molecule has 1 heterocycles. The lowest BCUT2D eigenvalue weighted by molar-refractivity contribution is 0.0600. The summed E-state index contributed by atoms with van der Waals surface area (Å²) in [6, 6.07) is 5.66. The smallest absolute Gasteiger partial charge is 0.337 e. The maximum atomic E-state index is 12.3. The van der Waals surface area contributed by atoms with Crippen LogP contribution < -0.4 is 10.0 Å². The molecule has 1 aromatic carbocycles. The third-order valence-electron chi connectivity index (χ3n) is 3.68. The maximum absolute atomic E-state index is 12.3. The third-order valence-corrected chi connectivity index (χ3v) is 5.18. The topological polar surface area (TPSA) is 84.5 Å². The van der Waals surface area contributed by atoms with Crippen LogP contribution in [0.3, 0.4) is 0 Å². The standard InChI is InChI=1S/C14H20N2O4S.ClH/c1-10-9-15-8-7-13(10)16-21(18,19)12-5-3-11(4-6-12)14(17)20-2;/h3-6,10,13,15-16H,7-9H2,1-2H3;1H. The number of halogens is 1. The molecule has 2 unspecified atom stereocenters. The molecule has 1 aliphatic rings. The molecule has 1 saturated heterocycles. The Labute approximate surface area is 137 Å². The van der Waals surface area contributed by atoms with Crippen LogP contribution >= 0.6 is 12.4 Å². The fourth-order valence-corrected chi connectivity index (χ4v) is 3.72. The van der Waals surface area contributed by atoms with Gasteiger partial charge in [-0.15, -0.1) is 12.4 Å². The molecule has 6 nitrogen and oxygen atoms in total. The average molecular weight is 349 g/mol. The van der Waals surface area contributed by atoms with Crippen LogP contribution in [0, 0.1) is 5.92 Å². The number of hydrogen-bond acceptors (Lipinski definition) is 5. The number of methoxy groups -OCH3 is 1. The highest BCUT2D eigenvalue weighted by Gasteiger charge is 2.26. The molecule has 2 rings (SSSR count). The monoisotopic (exact) mass is 348 g/mol. The minimum atomic E-state index is -3.57. The van der Waals surface area contributed by atoms with E-state index in [1.807, 2.05) is 6.92 Å². The van der Waals surface area contributed by atoms with E-state index in [1.54, 1.807) is 0 Å². The molecule has 0 saturated carbocycles. The zero-order valence-electron chi connectivity index (χ0n) is 12.5. The first-order chi connectivity index (χ1) is 9.94. The van der Waals surface area contributed by atoms with Gasteiger partial charge in [-0.3, -0.25) is 0 Å². The van der Waals surface area contributed by atoms with Crippen molar-refractivity contribution >= 4 is 28.4 Å². The van der Waals surface area contributed by atoms with Crippen molar-refractivity contribution < 1.29 is 17.9 Å². The van der Waals surface area contributed by atoms with Crippen LogP contribution in [-0.4, -0.2) is 40.6 Å². The number of esters is 1. The fourth-order valence-electron chi connectivity index (χ4n) is 2.34. The summed E-state index contributed by atoms with van der Waals surface area (Å²) >= 11 is 0. The Morgan fingerprint density at radius 3 is 2.50 bits per heavy atom. The van der Waals surface area contributed by atoms with Gasteiger partial charge < -0.3 is 10.1 Å². The second-order valence-corrected chi connectivity index (χ2v) is 6.93. The van der Waals surface area contributed by atoms with E-state index < -0.39 is 16.0 Å². The Morgan fingerprint density at radius 2 is 1.95 bits per heavy atom. The number of rotatable bonds is 4. The molecule has 0 radical (unpaired) electrons. The van der Waals surface area contributed by atoms with Crippen molar-refractivity contribution in [3.63, 3.8) is 0 Å². The first-order valence-corrected chi connectivity index (χ1v) is 8.34. The largest absolute Gasteiger partial charge is 0.465 e. The van der Waals surface area contributed by atoms with Crippen molar-refractivity contribution in [1.82, 2.24) is 10.0 Å². The number of piperidine rings is 1. The molecule has 22 heavy (non-hydrogen) atoms. The Morgan fingerprint density at radius 1 is 1.32 bits per heavy atom. The van der Waals surface area contributed by atoms with E-state index in [1.165, 1.54) is 31.4 Å². The van der Waals surface area contributed by atoms with Gasteiger partial charge >= 0.3 is 5.97 Å². The number of ether oxygens (including phenoxy) is 1. The van der Waals surface area contributed by atoms with Gasteiger partial charge in [0.2, 0.25) is 10.0 Å². The fraction of sp³-hybridized carbons (Fsp3) is 0.500. The van der Waals surface area contributed by atoms with Crippen LogP contribution in [0.25, 0.3) is 0 Å². The SMILES string of the molecule is COC(=O)c1ccc(S(=O)(=O)NC2CCNCC2C)cc1.Cl. The number of hydrogen-bond donors (Lipinski definition) is 2. The number of carbonyl (C=O) groups excluding carboxylic acids is 1. The zero-order chi connectivity index (χ0) is 15.5. The Bertz CT molecular complexity index is 604. The Hall–Kier alpha value is -1.15. The van der Waals surface area contributed by atoms with Crippen LogP contribution in [0.15, 0.2) is 29.2 Å². The predicted octanol–water partition coefficient (Wildman–Crippen LogP) is 1.17. The number of benzene rings is 1. The maximum Gasteiger partial charge on any atom is 0.337 e. The van der Waals surface area contributed by atoms with Crippen molar-refractivity contribution in [2.75, 3.05) is 20.2 Å². The summed E-state index contributed by atoms with van der Waals surface area (Å²) in [5, 5.41) is 3.23. The number of carbonyl (C=O) groups is 1. The summed E-state index contributed by atoms with van der Waals surface area (Å²) in [7, 11) is -2.29. The summed E-state index contributed by atoms with van der Waals surface area (Å²) < 4.78 is 32.0. The predicted molar refractivity (Wildman–Crippen MR) is 85.8 cm³/mol. The molecule has 1 aromatic rings. The van der Waals surface area contributed by atoms with E-state index >= 15 is 0 Å². The molecule has 0 amide bonds. The van der Waals surface area contributed by atoms with Crippen LogP contribution in [0.2, 0.25) is 0 Å². The molecule has 0 spiro atoms. The molecule has 1 aliphatic heterocycles. The van der Waals surface area contributed by atoms with Gasteiger partial charge in [-0.1, -0.05) is 6.92 Å². The van der Waals surface area contributed by atoms with Crippen LogP contribution in [0.5, 0.6) is 0 Å². The third kappa shape index (κ3) is 4.42. The summed E-state index contributed by atoms with van der Waals surface area (Å²) in [5.74, 6) is -0.248. The van der Waals surface area contributed by atoms with Crippen molar-refractivity contribution in [3.8, 4) is 0 Å². The molecule has 0 aromatic heterocycles. The van der Waals surface area contributed by atoms with Crippen molar-refractivity contribution in [2.24, 2.45) is 5.92 Å². The zero-order valence-corrected chi connectivity index (χ0v) is 14.2. The van der Waals surface area contributed by atoms with Gasteiger partial charge in [-0.05, 0) is 49.7 Å². The quantitative estimate of drug-likeness (QED) is 0.798. The van der Waals surface area contributed by atoms with Crippen LogP contribution in [0.1, 0.15) is 23.7 Å². The molecular formula is C14H21ClN2O4S. The summed E-state index contributed by atoms with van der Waals surface area (Å²) in [5.41, 5.74) is 0.326. The minimum absolute atomic E-state index is 0. The normalized spacial score (nSPS) is 21.7. The van der Waals surface area contributed by atoms with E-state index in [0.717, 1.165) is 19.5 Å². The lowest BCUT2D eigenvalue weighted by atomic mass is 9.97. The molecular weight excluding hydrogens is 328 g/mol. The first-order valence-electron chi connectivity index (χ1n) is 6.85. The lowest BCUT2D eigenvalue weighted by Crippen LogP contribution is -2.48. The van der Waals surface area contributed by atoms with Gasteiger partial charge in [0.25, 0.3) is 0 Å². The van der Waals surface area contributed by atoms with Gasteiger partial charge in [0.05, 0.1) is 17.6 Å². The van der Waals surface area contributed by atoms with Gasteiger partial charge in [-0.2, -0.15) is 0 Å². The van der Waals surface area contributed by atoms with Gasteiger partial charge in [0.1, 0.15) is 0 Å².